The lowest BCUT2D eigenvalue weighted by molar-refractivity contribution is 0.0335. The third-order valence-electron chi connectivity index (χ3n) is 7.69. The van der Waals surface area contributed by atoms with Crippen LogP contribution in [-0.2, 0) is 0 Å². The SMILES string of the molecule is CC1CCCC2C(CC3CCC4CCCCN4C3)CCCCN12. The molecule has 0 aliphatic carbocycles. The Labute approximate surface area is 144 Å². The molecule has 4 saturated heterocycles. The van der Waals surface area contributed by atoms with Gasteiger partial charge in [-0.05, 0) is 89.6 Å². The Kier molecular flexibility index (Phi) is 5.30. The van der Waals surface area contributed by atoms with Crippen LogP contribution in [-0.4, -0.2) is 47.6 Å². The van der Waals surface area contributed by atoms with Gasteiger partial charge in [-0.15, -0.1) is 0 Å². The smallest absolute Gasteiger partial charge is 0.0126 e. The van der Waals surface area contributed by atoms with Crippen LogP contribution in [0.5, 0.6) is 0 Å². The monoisotopic (exact) mass is 318 g/mol. The minimum absolute atomic E-state index is 0.854. The first-order valence-electron chi connectivity index (χ1n) is 10.8. The Hall–Kier alpha value is -0.0800. The predicted octanol–water partition coefficient (Wildman–Crippen LogP) is 4.68. The molecule has 132 valence electrons. The van der Waals surface area contributed by atoms with Gasteiger partial charge in [-0.2, -0.15) is 0 Å². The van der Waals surface area contributed by atoms with Crippen molar-refractivity contribution in [1.82, 2.24) is 9.80 Å². The Morgan fingerprint density at radius 2 is 1.65 bits per heavy atom. The highest BCUT2D eigenvalue weighted by atomic mass is 15.2. The highest BCUT2D eigenvalue weighted by Crippen LogP contribution is 2.39. The average Bonchev–Trinajstić information content (AvgIpc) is 2.78. The molecule has 4 aliphatic heterocycles. The van der Waals surface area contributed by atoms with E-state index in [1.165, 1.54) is 96.7 Å². The fourth-order valence-electron chi connectivity index (χ4n) is 6.44. The number of nitrogens with zero attached hydrogens (tertiary/aromatic N) is 2. The van der Waals surface area contributed by atoms with Gasteiger partial charge in [0.05, 0.1) is 0 Å². The number of hydrogen-bond donors (Lipinski definition) is 0. The van der Waals surface area contributed by atoms with Gasteiger partial charge in [-0.3, -0.25) is 4.90 Å². The van der Waals surface area contributed by atoms with Crippen LogP contribution in [0.15, 0.2) is 0 Å². The molecule has 0 spiro atoms. The van der Waals surface area contributed by atoms with E-state index < -0.39 is 0 Å². The molecule has 2 heteroatoms. The zero-order valence-electron chi connectivity index (χ0n) is 15.4. The van der Waals surface area contributed by atoms with E-state index in [9.17, 15) is 0 Å². The van der Waals surface area contributed by atoms with Crippen LogP contribution in [0.1, 0.15) is 84.0 Å². The van der Waals surface area contributed by atoms with Gasteiger partial charge in [-0.25, -0.2) is 0 Å². The summed E-state index contributed by atoms with van der Waals surface area (Å²) >= 11 is 0. The molecule has 0 radical (unpaired) electrons. The maximum absolute atomic E-state index is 2.92. The van der Waals surface area contributed by atoms with Crippen molar-refractivity contribution in [2.75, 3.05) is 19.6 Å². The standard InChI is InChI=1S/C21H38N2/c1-17-7-6-10-21-19(8-2-5-14-23(17)21)15-18-11-12-20-9-3-4-13-22(20)16-18/h17-21H,2-16H2,1H3. The second kappa shape index (κ2) is 7.44. The van der Waals surface area contributed by atoms with Gasteiger partial charge in [0, 0.05) is 24.7 Å². The molecule has 5 unspecified atom stereocenters. The average molecular weight is 319 g/mol. The summed E-state index contributed by atoms with van der Waals surface area (Å²) in [5.41, 5.74) is 0. The Morgan fingerprint density at radius 3 is 2.61 bits per heavy atom. The molecule has 0 N–H and O–H groups in total. The van der Waals surface area contributed by atoms with E-state index in [0.29, 0.717) is 0 Å². The summed E-state index contributed by atoms with van der Waals surface area (Å²) in [6.07, 6.45) is 17.9. The van der Waals surface area contributed by atoms with Gasteiger partial charge in [0.2, 0.25) is 0 Å². The molecular formula is C21H38N2. The van der Waals surface area contributed by atoms with Crippen LogP contribution in [0.4, 0.5) is 0 Å². The molecule has 0 aromatic rings. The third-order valence-corrected chi connectivity index (χ3v) is 7.69. The van der Waals surface area contributed by atoms with Crippen molar-refractivity contribution in [1.29, 1.82) is 0 Å². The zero-order valence-corrected chi connectivity index (χ0v) is 15.4. The number of piperidine rings is 3. The Bertz CT molecular complexity index is 382. The number of fused-ring (bicyclic) bond motifs is 2. The highest BCUT2D eigenvalue weighted by Gasteiger charge is 2.37. The van der Waals surface area contributed by atoms with Gasteiger partial charge >= 0.3 is 0 Å². The second-order valence-corrected chi connectivity index (χ2v) is 9.16. The maximum Gasteiger partial charge on any atom is 0.0126 e. The largest absolute Gasteiger partial charge is 0.300 e. The lowest BCUT2D eigenvalue weighted by Gasteiger charge is -2.46. The first kappa shape index (κ1) is 16.4. The molecule has 0 bridgehead atoms. The summed E-state index contributed by atoms with van der Waals surface area (Å²) in [5.74, 6) is 2.01. The first-order chi connectivity index (χ1) is 11.3. The predicted molar refractivity (Wildman–Crippen MR) is 97.7 cm³/mol. The summed E-state index contributed by atoms with van der Waals surface area (Å²) in [7, 11) is 0. The second-order valence-electron chi connectivity index (χ2n) is 9.16. The molecule has 0 aromatic carbocycles. The fourth-order valence-corrected chi connectivity index (χ4v) is 6.44. The molecular weight excluding hydrogens is 280 g/mol. The summed E-state index contributed by atoms with van der Waals surface area (Å²) in [4.78, 5) is 5.79. The first-order valence-corrected chi connectivity index (χ1v) is 10.8. The lowest BCUT2D eigenvalue weighted by atomic mass is 9.77. The molecule has 0 amide bonds. The Morgan fingerprint density at radius 1 is 0.783 bits per heavy atom. The number of rotatable bonds is 2. The molecule has 0 aromatic heterocycles. The van der Waals surface area contributed by atoms with E-state index in [4.69, 9.17) is 0 Å². The van der Waals surface area contributed by atoms with E-state index in [0.717, 1.165) is 30.0 Å². The van der Waals surface area contributed by atoms with Crippen LogP contribution in [0.2, 0.25) is 0 Å². The van der Waals surface area contributed by atoms with Gasteiger partial charge < -0.3 is 4.90 Å². The molecule has 4 aliphatic rings. The summed E-state index contributed by atoms with van der Waals surface area (Å²) < 4.78 is 0. The molecule has 4 heterocycles. The van der Waals surface area contributed by atoms with E-state index in [2.05, 4.69) is 16.7 Å². The van der Waals surface area contributed by atoms with Crippen molar-refractivity contribution < 1.29 is 0 Å². The van der Waals surface area contributed by atoms with E-state index in [1.54, 1.807) is 0 Å². The molecule has 4 rings (SSSR count). The normalized spacial score (nSPS) is 43.4. The lowest BCUT2D eigenvalue weighted by Crippen LogP contribution is -2.50. The quantitative estimate of drug-likeness (QED) is 0.729. The van der Waals surface area contributed by atoms with Crippen molar-refractivity contribution in [2.45, 2.75) is 102 Å². The van der Waals surface area contributed by atoms with Crippen LogP contribution < -0.4 is 0 Å². The molecule has 0 saturated carbocycles. The topological polar surface area (TPSA) is 6.48 Å². The molecule has 4 fully saturated rings. The Balaban J connectivity index is 1.38. The maximum atomic E-state index is 2.92. The van der Waals surface area contributed by atoms with Gasteiger partial charge in [0.1, 0.15) is 0 Å². The van der Waals surface area contributed by atoms with E-state index in [1.807, 2.05) is 0 Å². The van der Waals surface area contributed by atoms with Crippen LogP contribution in [0, 0.1) is 11.8 Å². The van der Waals surface area contributed by atoms with Crippen molar-refractivity contribution in [3.05, 3.63) is 0 Å². The van der Waals surface area contributed by atoms with Crippen LogP contribution in [0.25, 0.3) is 0 Å². The minimum Gasteiger partial charge on any atom is -0.300 e. The highest BCUT2D eigenvalue weighted by molar-refractivity contribution is 4.92. The number of hydrogen-bond acceptors (Lipinski definition) is 2. The zero-order chi connectivity index (χ0) is 15.6. The van der Waals surface area contributed by atoms with E-state index in [-0.39, 0.29) is 0 Å². The van der Waals surface area contributed by atoms with Crippen molar-refractivity contribution in [3.8, 4) is 0 Å². The molecule has 5 atom stereocenters. The van der Waals surface area contributed by atoms with E-state index >= 15 is 0 Å². The summed E-state index contributed by atoms with van der Waals surface area (Å²) in [6.45, 7) is 6.72. The van der Waals surface area contributed by atoms with Gasteiger partial charge in [-0.1, -0.05) is 19.3 Å². The van der Waals surface area contributed by atoms with Crippen molar-refractivity contribution in [3.63, 3.8) is 0 Å². The fraction of sp³-hybridized carbons (Fsp3) is 1.00. The molecule has 2 nitrogen and oxygen atoms in total. The van der Waals surface area contributed by atoms with Crippen molar-refractivity contribution >= 4 is 0 Å². The third kappa shape index (κ3) is 3.63. The summed E-state index contributed by atoms with van der Waals surface area (Å²) in [6, 6.07) is 2.74. The molecule has 23 heavy (non-hydrogen) atoms. The van der Waals surface area contributed by atoms with Gasteiger partial charge in [0.25, 0.3) is 0 Å². The summed E-state index contributed by atoms with van der Waals surface area (Å²) in [5, 5.41) is 0. The van der Waals surface area contributed by atoms with Crippen LogP contribution in [0.3, 0.4) is 0 Å². The van der Waals surface area contributed by atoms with Gasteiger partial charge in [0.15, 0.2) is 0 Å². The van der Waals surface area contributed by atoms with Crippen LogP contribution >= 0.6 is 0 Å². The minimum atomic E-state index is 0.854. The van der Waals surface area contributed by atoms with Crippen molar-refractivity contribution in [2.24, 2.45) is 11.8 Å².